The van der Waals surface area contributed by atoms with Crippen LogP contribution in [0.3, 0.4) is 0 Å². The molecule has 0 saturated heterocycles. The highest BCUT2D eigenvalue weighted by Gasteiger charge is 2.06. The van der Waals surface area contributed by atoms with Crippen LogP contribution in [-0.2, 0) is 14.3 Å². The molecule has 0 fully saturated rings. The van der Waals surface area contributed by atoms with Crippen molar-refractivity contribution in [3.63, 3.8) is 0 Å². The van der Waals surface area contributed by atoms with Gasteiger partial charge < -0.3 is 20.5 Å². The third-order valence-electron chi connectivity index (χ3n) is 5.66. The summed E-state index contributed by atoms with van der Waals surface area (Å²) in [5.41, 5.74) is 1.42. The summed E-state index contributed by atoms with van der Waals surface area (Å²) < 4.78 is 4.64. The fourth-order valence-electron chi connectivity index (χ4n) is 3.67. The van der Waals surface area contributed by atoms with E-state index in [1.54, 1.807) is 12.1 Å². The molecule has 1 aromatic rings. The summed E-state index contributed by atoms with van der Waals surface area (Å²) in [6.07, 6.45) is 16.6. The number of carboxylic acids is 1. The van der Waals surface area contributed by atoms with Gasteiger partial charge in [-0.2, -0.15) is 0 Å². The second-order valence-electron chi connectivity index (χ2n) is 8.50. The van der Waals surface area contributed by atoms with Crippen LogP contribution in [0.2, 0.25) is 0 Å². The Kier molecular flexibility index (Phi) is 16.3. The van der Waals surface area contributed by atoms with Gasteiger partial charge in [0.1, 0.15) is 6.54 Å². The van der Waals surface area contributed by atoms with Crippen molar-refractivity contribution in [1.29, 1.82) is 0 Å². The summed E-state index contributed by atoms with van der Waals surface area (Å²) in [5.74, 6) is -1.53. The molecule has 186 valence electrons. The van der Waals surface area contributed by atoms with Crippen LogP contribution in [0.1, 0.15) is 100 Å². The van der Waals surface area contributed by atoms with Crippen LogP contribution in [0.4, 0.5) is 5.69 Å². The van der Waals surface area contributed by atoms with Gasteiger partial charge in [0.25, 0.3) is 5.91 Å². The Hall–Kier alpha value is -2.57. The number of unbranched alkanes of at least 4 members (excludes halogenated alkanes) is 12. The molecule has 33 heavy (non-hydrogen) atoms. The van der Waals surface area contributed by atoms with Gasteiger partial charge in [-0.15, -0.1) is 0 Å². The summed E-state index contributed by atoms with van der Waals surface area (Å²) in [6.45, 7) is 0.532. The van der Waals surface area contributed by atoms with Crippen molar-refractivity contribution in [1.82, 2.24) is 5.32 Å². The third kappa shape index (κ3) is 15.8. The standard InChI is InChI=1S/C26H42N2O5/c1-33-25(31)15-13-11-9-7-5-3-2-4-6-8-10-12-14-20-27-23-18-16-22(17-19-23)26(32)28-21-24(29)30/h16-19,27H,2-15,20-21H2,1H3,(H,28,32)(H,29,30). The molecule has 1 amide bonds. The van der Waals surface area contributed by atoms with E-state index in [1.807, 2.05) is 12.1 Å². The van der Waals surface area contributed by atoms with Crippen LogP contribution < -0.4 is 10.6 Å². The number of amides is 1. The number of hydrogen-bond acceptors (Lipinski definition) is 5. The number of rotatable bonds is 20. The van der Waals surface area contributed by atoms with E-state index >= 15 is 0 Å². The van der Waals surface area contributed by atoms with Crippen molar-refractivity contribution in [2.24, 2.45) is 0 Å². The lowest BCUT2D eigenvalue weighted by Gasteiger charge is -2.08. The van der Waals surface area contributed by atoms with Crippen LogP contribution in [0.25, 0.3) is 0 Å². The van der Waals surface area contributed by atoms with Crippen molar-refractivity contribution in [3.05, 3.63) is 29.8 Å². The van der Waals surface area contributed by atoms with Crippen LogP contribution in [0, 0.1) is 0 Å². The fraction of sp³-hybridized carbons (Fsp3) is 0.654. The normalized spacial score (nSPS) is 10.6. The Balaban J connectivity index is 1.89. The number of benzene rings is 1. The summed E-state index contributed by atoms with van der Waals surface area (Å²) in [5, 5.41) is 14.3. The molecule has 0 aromatic heterocycles. The molecule has 0 radical (unpaired) electrons. The third-order valence-corrected chi connectivity index (χ3v) is 5.66. The molecule has 3 N–H and O–H groups in total. The molecule has 0 heterocycles. The molecule has 0 atom stereocenters. The molecule has 0 bridgehead atoms. The van der Waals surface area contributed by atoms with Crippen molar-refractivity contribution in [2.75, 3.05) is 25.5 Å². The molecule has 1 aromatic carbocycles. The lowest BCUT2D eigenvalue weighted by molar-refractivity contribution is -0.140. The SMILES string of the molecule is COC(=O)CCCCCCCCCCCCCCCNc1ccc(C(=O)NCC(=O)O)cc1. The molecule has 0 unspecified atom stereocenters. The molecule has 0 aliphatic carbocycles. The number of anilines is 1. The minimum atomic E-state index is -1.06. The molecule has 7 nitrogen and oxygen atoms in total. The summed E-state index contributed by atoms with van der Waals surface area (Å²) in [4.78, 5) is 33.3. The molecule has 0 spiro atoms. The number of aliphatic carboxylic acids is 1. The minimum Gasteiger partial charge on any atom is -0.480 e. The lowest BCUT2D eigenvalue weighted by atomic mass is 10.0. The van der Waals surface area contributed by atoms with Crippen LogP contribution in [0.5, 0.6) is 0 Å². The average Bonchev–Trinajstić information content (AvgIpc) is 2.82. The van der Waals surface area contributed by atoms with Gasteiger partial charge in [0.2, 0.25) is 0 Å². The van der Waals surface area contributed by atoms with Gasteiger partial charge >= 0.3 is 11.9 Å². The highest BCUT2D eigenvalue weighted by Crippen LogP contribution is 2.14. The zero-order valence-electron chi connectivity index (χ0n) is 20.2. The van der Waals surface area contributed by atoms with E-state index in [-0.39, 0.29) is 18.4 Å². The van der Waals surface area contributed by atoms with Gasteiger partial charge in [-0.05, 0) is 37.1 Å². The molecular weight excluding hydrogens is 420 g/mol. The van der Waals surface area contributed by atoms with Crippen LogP contribution >= 0.6 is 0 Å². The lowest BCUT2D eigenvalue weighted by Crippen LogP contribution is -2.29. The number of carbonyl (C=O) groups is 3. The Morgan fingerprint density at radius 3 is 1.73 bits per heavy atom. The van der Waals surface area contributed by atoms with E-state index < -0.39 is 5.97 Å². The first-order valence-electron chi connectivity index (χ1n) is 12.4. The Morgan fingerprint density at radius 1 is 0.758 bits per heavy atom. The Labute approximate surface area is 198 Å². The zero-order valence-corrected chi connectivity index (χ0v) is 20.2. The number of methoxy groups -OCH3 is 1. The molecule has 0 saturated carbocycles. The van der Waals surface area contributed by atoms with E-state index in [1.165, 1.54) is 71.3 Å². The topological polar surface area (TPSA) is 105 Å². The summed E-state index contributed by atoms with van der Waals surface area (Å²) in [7, 11) is 1.45. The van der Waals surface area contributed by atoms with E-state index in [0.29, 0.717) is 12.0 Å². The van der Waals surface area contributed by atoms with E-state index in [4.69, 9.17) is 5.11 Å². The maximum atomic E-state index is 11.8. The number of hydrogen-bond donors (Lipinski definition) is 3. The fourth-order valence-corrected chi connectivity index (χ4v) is 3.67. The summed E-state index contributed by atoms with van der Waals surface area (Å²) in [6, 6.07) is 7.09. The van der Waals surface area contributed by atoms with Gasteiger partial charge in [-0.25, -0.2) is 0 Å². The summed E-state index contributed by atoms with van der Waals surface area (Å²) >= 11 is 0. The first-order chi connectivity index (χ1) is 16.0. The minimum absolute atomic E-state index is 0.0967. The Morgan fingerprint density at radius 2 is 1.24 bits per heavy atom. The van der Waals surface area contributed by atoms with E-state index in [2.05, 4.69) is 15.4 Å². The van der Waals surface area contributed by atoms with Crippen molar-refractivity contribution < 1.29 is 24.2 Å². The smallest absolute Gasteiger partial charge is 0.322 e. The van der Waals surface area contributed by atoms with Gasteiger partial charge in [0.05, 0.1) is 7.11 Å². The quantitative estimate of drug-likeness (QED) is 0.173. The van der Waals surface area contributed by atoms with Gasteiger partial charge in [0.15, 0.2) is 0 Å². The predicted molar refractivity (Wildman–Crippen MR) is 132 cm³/mol. The molecule has 1 rings (SSSR count). The second kappa shape index (κ2) is 18.9. The van der Waals surface area contributed by atoms with E-state index in [9.17, 15) is 14.4 Å². The van der Waals surface area contributed by atoms with Crippen molar-refractivity contribution in [2.45, 2.75) is 89.9 Å². The first-order valence-corrected chi connectivity index (χ1v) is 12.4. The largest absolute Gasteiger partial charge is 0.480 e. The number of esters is 1. The Bertz CT molecular complexity index is 676. The number of carboxylic acid groups (broad SMARTS) is 1. The highest BCUT2D eigenvalue weighted by atomic mass is 16.5. The van der Waals surface area contributed by atoms with Crippen LogP contribution in [0.15, 0.2) is 24.3 Å². The van der Waals surface area contributed by atoms with Crippen molar-refractivity contribution in [3.8, 4) is 0 Å². The zero-order chi connectivity index (χ0) is 24.2. The number of carbonyl (C=O) groups excluding carboxylic acids is 2. The number of nitrogens with one attached hydrogen (secondary N) is 2. The van der Waals surface area contributed by atoms with Crippen molar-refractivity contribution >= 4 is 23.5 Å². The second-order valence-corrected chi connectivity index (χ2v) is 8.50. The van der Waals surface area contributed by atoms with Gasteiger partial charge in [0, 0.05) is 24.2 Å². The molecule has 0 aliphatic heterocycles. The van der Waals surface area contributed by atoms with Gasteiger partial charge in [-0.3, -0.25) is 14.4 Å². The van der Waals surface area contributed by atoms with Gasteiger partial charge in [-0.1, -0.05) is 70.6 Å². The maximum absolute atomic E-state index is 11.8. The monoisotopic (exact) mass is 462 g/mol. The first kappa shape index (κ1) is 28.5. The average molecular weight is 463 g/mol. The highest BCUT2D eigenvalue weighted by molar-refractivity contribution is 5.96. The molecule has 0 aliphatic rings. The molecular formula is C26H42N2O5. The molecule has 7 heteroatoms. The predicted octanol–water partition coefficient (Wildman–Crippen LogP) is 5.55. The van der Waals surface area contributed by atoms with Crippen LogP contribution in [-0.4, -0.2) is 43.2 Å². The maximum Gasteiger partial charge on any atom is 0.322 e. The van der Waals surface area contributed by atoms with E-state index in [0.717, 1.165) is 31.5 Å². The number of ether oxygens (including phenoxy) is 1.